The van der Waals surface area contributed by atoms with E-state index in [2.05, 4.69) is 33.0 Å². The largest absolute Gasteiger partial charge is 0.377 e. The van der Waals surface area contributed by atoms with Crippen LogP contribution in [0.5, 0.6) is 0 Å². The predicted octanol–water partition coefficient (Wildman–Crippen LogP) is 2.83. The Kier molecular flexibility index (Phi) is 8.20. The van der Waals surface area contributed by atoms with E-state index >= 15 is 0 Å². The van der Waals surface area contributed by atoms with E-state index in [-0.39, 0.29) is 0 Å². The molecule has 0 aromatic heterocycles. The Morgan fingerprint density at radius 1 is 1.21 bits per heavy atom. The third-order valence-corrected chi connectivity index (χ3v) is 2.87. The van der Waals surface area contributed by atoms with Gasteiger partial charge in [0.2, 0.25) is 0 Å². The summed E-state index contributed by atoms with van der Waals surface area (Å²) in [7, 11) is 2.04. The molecular formula is C12H27NO. The summed E-state index contributed by atoms with van der Waals surface area (Å²) >= 11 is 0. The quantitative estimate of drug-likeness (QED) is 0.652. The molecule has 0 rings (SSSR count). The molecule has 1 N–H and O–H groups in total. The van der Waals surface area contributed by atoms with Crippen molar-refractivity contribution in [3.05, 3.63) is 0 Å². The van der Waals surface area contributed by atoms with Gasteiger partial charge in [-0.15, -0.1) is 0 Å². The van der Waals surface area contributed by atoms with Crippen molar-refractivity contribution in [2.75, 3.05) is 13.7 Å². The Morgan fingerprint density at radius 2 is 1.86 bits per heavy atom. The van der Waals surface area contributed by atoms with Crippen molar-refractivity contribution in [3.63, 3.8) is 0 Å². The van der Waals surface area contributed by atoms with Crippen LogP contribution in [0.1, 0.15) is 47.0 Å². The molecule has 86 valence electrons. The summed E-state index contributed by atoms with van der Waals surface area (Å²) in [6.45, 7) is 9.63. The van der Waals surface area contributed by atoms with Gasteiger partial charge in [0.25, 0.3) is 0 Å². The highest BCUT2D eigenvalue weighted by Gasteiger charge is 2.23. The molecule has 2 nitrogen and oxygen atoms in total. The van der Waals surface area contributed by atoms with Crippen molar-refractivity contribution in [3.8, 4) is 0 Å². The molecule has 0 radical (unpaired) electrons. The number of hydrogen-bond acceptors (Lipinski definition) is 2. The van der Waals surface area contributed by atoms with E-state index in [9.17, 15) is 0 Å². The second-order valence-corrected chi connectivity index (χ2v) is 3.98. The fourth-order valence-electron chi connectivity index (χ4n) is 2.16. The third-order valence-electron chi connectivity index (χ3n) is 2.87. The number of nitrogens with one attached hydrogen (secondary N) is 1. The van der Waals surface area contributed by atoms with E-state index < -0.39 is 0 Å². The van der Waals surface area contributed by atoms with E-state index in [4.69, 9.17) is 4.74 Å². The zero-order chi connectivity index (χ0) is 11.0. The van der Waals surface area contributed by atoms with Crippen molar-refractivity contribution in [1.29, 1.82) is 0 Å². The summed E-state index contributed by atoms with van der Waals surface area (Å²) in [6.07, 6.45) is 3.98. The summed E-state index contributed by atoms with van der Waals surface area (Å²) in [5, 5.41) is 3.40. The van der Waals surface area contributed by atoms with E-state index in [1.54, 1.807) is 0 Å². The average molecular weight is 201 g/mol. The van der Waals surface area contributed by atoms with Gasteiger partial charge in [-0.05, 0) is 32.7 Å². The van der Waals surface area contributed by atoms with Crippen LogP contribution in [-0.2, 0) is 4.74 Å². The molecule has 3 atom stereocenters. The van der Waals surface area contributed by atoms with Crippen LogP contribution in [0.2, 0.25) is 0 Å². The Balaban J connectivity index is 4.18. The molecule has 2 heteroatoms. The first kappa shape index (κ1) is 13.9. The summed E-state index contributed by atoms with van der Waals surface area (Å²) in [5.41, 5.74) is 0. The maximum Gasteiger partial charge on any atom is 0.0727 e. The normalized spacial score (nSPS) is 17.8. The molecule has 0 heterocycles. The average Bonchev–Trinajstić information content (AvgIpc) is 2.18. The Labute approximate surface area is 89.4 Å². The second-order valence-electron chi connectivity index (χ2n) is 3.98. The smallest absolute Gasteiger partial charge is 0.0727 e. The third kappa shape index (κ3) is 4.43. The van der Waals surface area contributed by atoms with Gasteiger partial charge in [0.1, 0.15) is 0 Å². The molecule has 14 heavy (non-hydrogen) atoms. The molecule has 0 saturated carbocycles. The maximum absolute atomic E-state index is 5.75. The SMILES string of the molecule is CCCC(C)C(NC)C(CC)OCC. The molecule has 3 unspecified atom stereocenters. The lowest BCUT2D eigenvalue weighted by molar-refractivity contribution is 0.0183. The van der Waals surface area contributed by atoms with Crippen molar-refractivity contribution >= 4 is 0 Å². The van der Waals surface area contributed by atoms with Crippen LogP contribution in [-0.4, -0.2) is 25.8 Å². The molecule has 0 bridgehead atoms. The topological polar surface area (TPSA) is 21.3 Å². The minimum absolute atomic E-state index is 0.367. The van der Waals surface area contributed by atoms with Gasteiger partial charge in [0.05, 0.1) is 6.10 Å². The van der Waals surface area contributed by atoms with Gasteiger partial charge in [-0.25, -0.2) is 0 Å². The highest BCUT2D eigenvalue weighted by Crippen LogP contribution is 2.17. The Hall–Kier alpha value is -0.0800. The molecule has 0 aliphatic carbocycles. The Morgan fingerprint density at radius 3 is 2.21 bits per heavy atom. The van der Waals surface area contributed by atoms with Crippen LogP contribution in [0.15, 0.2) is 0 Å². The molecule has 0 aliphatic heterocycles. The number of hydrogen-bond donors (Lipinski definition) is 1. The molecular weight excluding hydrogens is 174 g/mol. The summed E-state index contributed by atoms with van der Waals surface area (Å²) in [6, 6.07) is 0.500. The zero-order valence-electron chi connectivity index (χ0n) is 10.5. The molecule has 0 fully saturated rings. The Bertz CT molecular complexity index is 127. The number of likely N-dealkylation sites (N-methyl/N-ethyl adjacent to an activating group) is 1. The molecule has 0 aromatic carbocycles. The number of ether oxygens (including phenoxy) is 1. The predicted molar refractivity (Wildman–Crippen MR) is 62.6 cm³/mol. The van der Waals surface area contributed by atoms with Gasteiger partial charge < -0.3 is 10.1 Å². The van der Waals surface area contributed by atoms with Crippen LogP contribution in [0.3, 0.4) is 0 Å². The molecule has 0 spiro atoms. The minimum Gasteiger partial charge on any atom is -0.377 e. The van der Waals surface area contributed by atoms with Crippen LogP contribution in [0.25, 0.3) is 0 Å². The van der Waals surface area contributed by atoms with Crippen LogP contribution in [0.4, 0.5) is 0 Å². The van der Waals surface area contributed by atoms with E-state index in [0.29, 0.717) is 18.1 Å². The monoisotopic (exact) mass is 201 g/mol. The lowest BCUT2D eigenvalue weighted by Gasteiger charge is -2.30. The van der Waals surface area contributed by atoms with Gasteiger partial charge in [0.15, 0.2) is 0 Å². The highest BCUT2D eigenvalue weighted by molar-refractivity contribution is 4.79. The molecule has 0 amide bonds. The van der Waals surface area contributed by atoms with Crippen LogP contribution >= 0.6 is 0 Å². The summed E-state index contributed by atoms with van der Waals surface area (Å²) in [5.74, 6) is 0.696. The van der Waals surface area contributed by atoms with Gasteiger partial charge in [-0.3, -0.25) is 0 Å². The number of rotatable bonds is 8. The second kappa shape index (κ2) is 8.25. The summed E-state index contributed by atoms with van der Waals surface area (Å²) < 4.78 is 5.75. The van der Waals surface area contributed by atoms with Crippen molar-refractivity contribution < 1.29 is 4.74 Å². The first-order valence-corrected chi connectivity index (χ1v) is 5.99. The highest BCUT2D eigenvalue weighted by atomic mass is 16.5. The molecule has 0 aromatic rings. The van der Waals surface area contributed by atoms with Gasteiger partial charge in [0, 0.05) is 12.6 Å². The summed E-state index contributed by atoms with van der Waals surface area (Å²) in [4.78, 5) is 0. The van der Waals surface area contributed by atoms with Crippen LogP contribution in [0, 0.1) is 5.92 Å². The minimum atomic E-state index is 0.367. The molecule has 0 saturated heterocycles. The van der Waals surface area contributed by atoms with Gasteiger partial charge >= 0.3 is 0 Å². The first-order chi connectivity index (χ1) is 6.71. The van der Waals surface area contributed by atoms with Crippen LogP contribution < -0.4 is 5.32 Å². The zero-order valence-corrected chi connectivity index (χ0v) is 10.5. The van der Waals surface area contributed by atoms with Crippen molar-refractivity contribution in [1.82, 2.24) is 5.32 Å². The van der Waals surface area contributed by atoms with E-state index in [1.807, 2.05) is 7.05 Å². The first-order valence-electron chi connectivity index (χ1n) is 5.99. The lowest BCUT2D eigenvalue weighted by atomic mass is 9.91. The molecule has 0 aliphatic rings. The maximum atomic E-state index is 5.75. The van der Waals surface area contributed by atoms with Crippen molar-refractivity contribution in [2.24, 2.45) is 5.92 Å². The fraction of sp³-hybridized carbons (Fsp3) is 1.00. The lowest BCUT2D eigenvalue weighted by Crippen LogP contribution is -2.43. The standard InChI is InChI=1S/C12H27NO/c1-6-9-10(4)12(13-5)11(7-2)14-8-3/h10-13H,6-9H2,1-5H3. The van der Waals surface area contributed by atoms with Gasteiger partial charge in [-0.2, -0.15) is 0 Å². The van der Waals surface area contributed by atoms with E-state index in [0.717, 1.165) is 13.0 Å². The fourth-order valence-corrected chi connectivity index (χ4v) is 2.16. The van der Waals surface area contributed by atoms with Gasteiger partial charge in [-0.1, -0.05) is 27.2 Å². The van der Waals surface area contributed by atoms with Crippen molar-refractivity contribution in [2.45, 2.75) is 59.1 Å². The van der Waals surface area contributed by atoms with E-state index in [1.165, 1.54) is 12.8 Å².